The number of hydrogen-bond acceptors (Lipinski definition) is 6. The molecular weight excluding hydrogens is 388 g/mol. The van der Waals surface area contributed by atoms with Crippen molar-refractivity contribution in [3.05, 3.63) is 47.5 Å². The number of hydrogen-bond donors (Lipinski definition) is 1. The summed E-state index contributed by atoms with van der Waals surface area (Å²) in [5.41, 5.74) is 1.06. The summed E-state index contributed by atoms with van der Waals surface area (Å²) in [5, 5.41) is 2.65. The van der Waals surface area contributed by atoms with E-state index in [2.05, 4.69) is 10.1 Å². The van der Waals surface area contributed by atoms with E-state index >= 15 is 0 Å². The van der Waals surface area contributed by atoms with Crippen LogP contribution in [0.2, 0.25) is 0 Å². The normalized spacial score (nSPS) is 10.4. The Balaban J connectivity index is 1.93. The lowest BCUT2D eigenvalue weighted by Gasteiger charge is -2.13. The second kappa shape index (κ2) is 10.8. The van der Waals surface area contributed by atoms with Gasteiger partial charge in [0.15, 0.2) is 29.6 Å². The summed E-state index contributed by atoms with van der Waals surface area (Å²) in [4.78, 5) is 22.9. The van der Waals surface area contributed by atoms with Gasteiger partial charge in [-0.15, -0.1) is 0 Å². The molecule has 7 nitrogen and oxygen atoms in total. The van der Waals surface area contributed by atoms with E-state index in [1.807, 2.05) is 0 Å². The molecule has 0 aromatic heterocycles. The third kappa shape index (κ3) is 6.63. The maximum absolute atomic E-state index is 12.4. The fraction of sp³-hybridized carbons (Fsp3) is 0.300. The predicted octanol–water partition coefficient (Wildman–Crippen LogP) is 3.20. The van der Waals surface area contributed by atoms with Crippen molar-refractivity contribution in [2.45, 2.75) is 20.1 Å². The number of amides is 1. The highest BCUT2D eigenvalue weighted by atomic mass is 19.3. The van der Waals surface area contributed by atoms with E-state index < -0.39 is 12.5 Å². The van der Waals surface area contributed by atoms with Crippen LogP contribution in [-0.4, -0.2) is 39.1 Å². The summed E-state index contributed by atoms with van der Waals surface area (Å²) < 4.78 is 45.0. The molecule has 0 saturated carbocycles. The topological polar surface area (TPSA) is 83.1 Å². The molecule has 0 fully saturated rings. The highest BCUT2D eigenvalue weighted by molar-refractivity contribution is 5.78. The van der Waals surface area contributed by atoms with Crippen molar-refractivity contribution in [3.63, 3.8) is 0 Å². The maximum Gasteiger partial charge on any atom is 0.387 e. The first kappa shape index (κ1) is 21.9. The van der Waals surface area contributed by atoms with E-state index in [-0.39, 0.29) is 24.7 Å². The van der Waals surface area contributed by atoms with Crippen LogP contribution in [0.25, 0.3) is 0 Å². The van der Waals surface area contributed by atoms with Crippen molar-refractivity contribution in [1.82, 2.24) is 5.32 Å². The Morgan fingerprint density at radius 3 is 2.48 bits per heavy atom. The Morgan fingerprint density at radius 1 is 1.07 bits per heavy atom. The van der Waals surface area contributed by atoms with Gasteiger partial charge in [0, 0.05) is 12.1 Å². The van der Waals surface area contributed by atoms with Gasteiger partial charge < -0.3 is 24.3 Å². The van der Waals surface area contributed by atoms with Crippen LogP contribution in [0.15, 0.2) is 36.4 Å². The minimum absolute atomic E-state index is 0.0943. The first-order valence-corrected chi connectivity index (χ1v) is 8.70. The molecule has 2 aromatic rings. The molecule has 2 aromatic carbocycles. The molecule has 0 bridgehead atoms. The van der Waals surface area contributed by atoms with Gasteiger partial charge >= 0.3 is 6.61 Å². The van der Waals surface area contributed by atoms with Crippen molar-refractivity contribution in [3.8, 4) is 23.0 Å². The van der Waals surface area contributed by atoms with Crippen LogP contribution in [-0.2, 0) is 11.3 Å². The first-order valence-electron chi connectivity index (χ1n) is 8.70. The molecule has 0 atom stereocenters. The third-order valence-electron chi connectivity index (χ3n) is 3.70. The number of rotatable bonds is 11. The van der Waals surface area contributed by atoms with Gasteiger partial charge in [0.05, 0.1) is 13.7 Å². The molecule has 1 N–H and O–H groups in total. The smallest absolute Gasteiger partial charge is 0.387 e. The zero-order valence-corrected chi connectivity index (χ0v) is 15.9. The third-order valence-corrected chi connectivity index (χ3v) is 3.70. The fourth-order valence-electron chi connectivity index (χ4n) is 2.40. The number of carbonyl (C=O) groups excluding carboxylic acids is 2. The average molecular weight is 409 g/mol. The second-order valence-corrected chi connectivity index (χ2v) is 5.69. The molecule has 0 unspecified atom stereocenters. The largest absolute Gasteiger partial charge is 0.493 e. The molecule has 156 valence electrons. The zero-order chi connectivity index (χ0) is 21.2. The van der Waals surface area contributed by atoms with Crippen molar-refractivity contribution < 1.29 is 37.3 Å². The number of ether oxygens (including phenoxy) is 4. The highest BCUT2D eigenvalue weighted by Gasteiger charge is 2.12. The molecule has 0 heterocycles. The van der Waals surface area contributed by atoms with Gasteiger partial charge in [0.25, 0.3) is 5.91 Å². The molecule has 0 aliphatic rings. The zero-order valence-electron chi connectivity index (χ0n) is 15.9. The van der Waals surface area contributed by atoms with Gasteiger partial charge in [0.2, 0.25) is 0 Å². The number of aldehydes is 1. The van der Waals surface area contributed by atoms with E-state index in [4.69, 9.17) is 14.2 Å². The van der Waals surface area contributed by atoms with E-state index in [0.717, 1.165) is 0 Å². The summed E-state index contributed by atoms with van der Waals surface area (Å²) in [5.74, 6) is 0.332. The number of alkyl halides is 2. The van der Waals surface area contributed by atoms with Crippen LogP contribution in [0.1, 0.15) is 22.8 Å². The average Bonchev–Trinajstić information content (AvgIpc) is 2.71. The van der Waals surface area contributed by atoms with E-state index in [1.54, 1.807) is 19.1 Å². The van der Waals surface area contributed by atoms with Crippen LogP contribution in [0.3, 0.4) is 0 Å². The molecule has 1 amide bonds. The van der Waals surface area contributed by atoms with Crippen molar-refractivity contribution in [1.29, 1.82) is 0 Å². The van der Waals surface area contributed by atoms with E-state index in [0.29, 0.717) is 35.5 Å². The van der Waals surface area contributed by atoms with Gasteiger partial charge in [-0.2, -0.15) is 8.78 Å². The highest BCUT2D eigenvalue weighted by Crippen LogP contribution is 2.30. The molecule has 0 spiro atoms. The number of benzene rings is 2. The molecule has 0 radical (unpaired) electrons. The number of carbonyl (C=O) groups is 2. The Morgan fingerprint density at radius 2 is 1.83 bits per heavy atom. The number of methoxy groups -OCH3 is 1. The molecule has 0 aliphatic heterocycles. The first-order chi connectivity index (χ1) is 14.0. The monoisotopic (exact) mass is 409 g/mol. The number of nitrogens with one attached hydrogen (secondary N) is 1. The summed E-state index contributed by atoms with van der Waals surface area (Å²) >= 11 is 0. The second-order valence-electron chi connectivity index (χ2n) is 5.69. The Labute approximate surface area is 166 Å². The molecular formula is C20H21F2NO6. The SMILES string of the molecule is CCOc1cc(C=O)ccc1OCC(=O)NCc1ccc(OC(F)F)c(OC)c1. The van der Waals surface area contributed by atoms with Crippen LogP contribution < -0.4 is 24.3 Å². The summed E-state index contributed by atoms with van der Waals surface area (Å²) in [6.07, 6.45) is 0.685. The minimum Gasteiger partial charge on any atom is -0.493 e. The van der Waals surface area contributed by atoms with E-state index in [9.17, 15) is 18.4 Å². The predicted molar refractivity (Wildman–Crippen MR) is 100.0 cm³/mol. The quantitative estimate of drug-likeness (QED) is 0.574. The molecule has 0 saturated heterocycles. The van der Waals surface area contributed by atoms with Gasteiger partial charge in [-0.25, -0.2) is 0 Å². The van der Waals surface area contributed by atoms with Gasteiger partial charge in [0.1, 0.15) is 6.29 Å². The van der Waals surface area contributed by atoms with Crippen molar-refractivity contribution in [2.24, 2.45) is 0 Å². The Bertz CT molecular complexity index is 844. The van der Waals surface area contributed by atoms with E-state index in [1.165, 1.54) is 31.4 Å². The van der Waals surface area contributed by atoms with Crippen molar-refractivity contribution in [2.75, 3.05) is 20.3 Å². The van der Waals surface area contributed by atoms with Gasteiger partial charge in [-0.3, -0.25) is 9.59 Å². The van der Waals surface area contributed by atoms with Crippen LogP contribution in [0, 0.1) is 0 Å². The Kier molecular flexibility index (Phi) is 8.20. The molecule has 29 heavy (non-hydrogen) atoms. The lowest BCUT2D eigenvalue weighted by atomic mass is 10.2. The fourth-order valence-corrected chi connectivity index (χ4v) is 2.40. The maximum atomic E-state index is 12.4. The molecule has 2 rings (SSSR count). The van der Waals surface area contributed by atoms with Gasteiger partial charge in [-0.05, 0) is 42.8 Å². The van der Waals surface area contributed by atoms with Crippen molar-refractivity contribution >= 4 is 12.2 Å². The standard InChI is InChI=1S/C20H21F2NO6/c1-3-27-18-9-14(11-24)5-6-15(18)28-12-19(25)23-10-13-4-7-16(29-20(21)22)17(8-13)26-2/h4-9,11,20H,3,10,12H2,1-2H3,(H,23,25). The number of halogens is 2. The Hall–Kier alpha value is -3.36. The van der Waals surface area contributed by atoms with Crippen LogP contribution in [0.5, 0.6) is 23.0 Å². The summed E-state index contributed by atoms with van der Waals surface area (Å²) in [6.45, 7) is -0.942. The van der Waals surface area contributed by atoms with Crippen LogP contribution in [0.4, 0.5) is 8.78 Å². The molecule has 9 heteroatoms. The minimum atomic E-state index is -2.96. The van der Waals surface area contributed by atoms with Gasteiger partial charge in [-0.1, -0.05) is 6.07 Å². The molecule has 0 aliphatic carbocycles. The van der Waals surface area contributed by atoms with Crippen LogP contribution >= 0.6 is 0 Å². The summed E-state index contributed by atoms with van der Waals surface area (Å²) in [7, 11) is 1.33. The lowest BCUT2D eigenvalue weighted by Crippen LogP contribution is -2.28. The summed E-state index contributed by atoms with van der Waals surface area (Å²) in [6, 6.07) is 8.99. The lowest BCUT2D eigenvalue weighted by molar-refractivity contribution is -0.123.